The number of H-pyrrole nitrogens is 1. The molecule has 1 unspecified atom stereocenters. The first-order valence-corrected chi connectivity index (χ1v) is 10.2. The van der Waals surface area contributed by atoms with Gasteiger partial charge in [0.2, 0.25) is 0 Å². The summed E-state index contributed by atoms with van der Waals surface area (Å²) in [5.74, 6) is -4.00. The minimum Gasteiger partial charge on any atom is -0.507 e. The molecule has 0 aliphatic heterocycles. The van der Waals surface area contributed by atoms with Gasteiger partial charge in [0.05, 0.1) is 28.9 Å². The van der Waals surface area contributed by atoms with Crippen molar-refractivity contribution in [2.24, 2.45) is 5.73 Å². The second kappa shape index (κ2) is 8.58. The predicted octanol–water partition coefficient (Wildman–Crippen LogP) is 3.11. The molecule has 172 valence electrons. The van der Waals surface area contributed by atoms with E-state index in [0.29, 0.717) is 27.8 Å². The highest BCUT2D eigenvalue weighted by Crippen LogP contribution is 2.41. The third-order valence-electron chi connectivity index (χ3n) is 5.46. The van der Waals surface area contributed by atoms with Crippen LogP contribution in [0, 0.1) is 5.41 Å². The molecule has 0 saturated heterocycles. The summed E-state index contributed by atoms with van der Waals surface area (Å²) in [7, 11) is 0. The van der Waals surface area contributed by atoms with Gasteiger partial charge in [-0.05, 0) is 53.6 Å². The molecule has 3 aromatic carbocycles. The number of imidazole rings is 1. The highest BCUT2D eigenvalue weighted by Gasteiger charge is 2.27. The van der Waals surface area contributed by atoms with Crippen molar-refractivity contribution in [2.75, 3.05) is 5.73 Å². The second-order valence-electron chi connectivity index (χ2n) is 7.81. The molecule has 4 rings (SSSR count). The van der Waals surface area contributed by atoms with Crippen molar-refractivity contribution in [1.82, 2.24) is 9.97 Å². The van der Waals surface area contributed by atoms with E-state index in [9.17, 15) is 24.9 Å². The van der Waals surface area contributed by atoms with Crippen LogP contribution in [0.3, 0.4) is 0 Å². The van der Waals surface area contributed by atoms with E-state index in [0.717, 1.165) is 0 Å². The average Bonchev–Trinajstić information content (AvgIpc) is 3.20. The number of hydrogen-bond acceptors (Lipinski definition) is 6. The first kappa shape index (κ1) is 22.3. The molecule has 0 amide bonds. The van der Waals surface area contributed by atoms with Gasteiger partial charge in [0.15, 0.2) is 0 Å². The number of rotatable bonds is 7. The van der Waals surface area contributed by atoms with Gasteiger partial charge in [-0.25, -0.2) is 4.98 Å². The Labute approximate surface area is 193 Å². The molecule has 0 fully saturated rings. The van der Waals surface area contributed by atoms with Gasteiger partial charge in [0, 0.05) is 16.8 Å². The molecule has 4 aromatic rings. The van der Waals surface area contributed by atoms with E-state index < -0.39 is 24.3 Å². The zero-order valence-corrected chi connectivity index (χ0v) is 17.7. The molecule has 0 saturated carbocycles. The minimum absolute atomic E-state index is 0.121. The number of carbonyl (C=O) groups is 2. The third kappa shape index (κ3) is 4.24. The van der Waals surface area contributed by atoms with E-state index in [1.165, 1.54) is 12.1 Å². The van der Waals surface area contributed by atoms with Crippen LogP contribution in [0.1, 0.15) is 23.5 Å². The fourth-order valence-electron chi connectivity index (χ4n) is 3.79. The summed E-state index contributed by atoms with van der Waals surface area (Å²) in [6, 6.07) is 14.5. The summed E-state index contributed by atoms with van der Waals surface area (Å²) in [5.41, 5.74) is 14.6. The van der Waals surface area contributed by atoms with Crippen molar-refractivity contribution in [3.05, 3.63) is 65.7 Å². The van der Waals surface area contributed by atoms with Crippen LogP contribution in [0.15, 0.2) is 54.6 Å². The zero-order chi connectivity index (χ0) is 24.6. The van der Waals surface area contributed by atoms with Crippen molar-refractivity contribution >= 4 is 34.5 Å². The summed E-state index contributed by atoms with van der Waals surface area (Å²) in [6.07, 6.45) is -0.641. The highest BCUT2D eigenvalue weighted by molar-refractivity contribution is 5.98. The molecule has 1 aromatic heterocycles. The fourth-order valence-corrected chi connectivity index (χ4v) is 3.79. The van der Waals surface area contributed by atoms with E-state index in [2.05, 4.69) is 9.97 Å². The van der Waals surface area contributed by atoms with Crippen LogP contribution in [0.5, 0.6) is 5.75 Å². The number of anilines is 1. The van der Waals surface area contributed by atoms with E-state index in [4.69, 9.17) is 16.9 Å². The third-order valence-corrected chi connectivity index (χ3v) is 5.46. The molecule has 9 N–H and O–H groups in total. The summed E-state index contributed by atoms with van der Waals surface area (Å²) < 4.78 is 0. The number of aromatic nitrogens is 2. The molecular weight excluding hydrogens is 438 g/mol. The van der Waals surface area contributed by atoms with Crippen LogP contribution in [0.25, 0.3) is 33.5 Å². The number of fused-ring (bicyclic) bond motifs is 1. The Bertz CT molecular complexity index is 1460. The van der Waals surface area contributed by atoms with Crippen LogP contribution in [0.2, 0.25) is 0 Å². The number of phenols is 1. The number of nitrogens with one attached hydrogen (secondary N) is 2. The molecule has 10 heteroatoms. The molecule has 0 aliphatic rings. The average molecular weight is 459 g/mol. The van der Waals surface area contributed by atoms with Crippen molar-refractivity contribution in [3.8, 4) is 28.3 Å². The molecular formula is C24H21N5O5. The first-order valence-electron chi connectivity index (χ1n) is 10.2. The molecule has 1 heterocycles. The maximum Gasteiger partial charge on any atom is 0.311 e. The Morgan fingerprint density at radius 3 is 2.44 bits per heavy atom. The van der Waals surface area contributed by atoms with Gasteiger partial charge in [-0.2, -0.15) is 0 Å². The number of aliphatic carboxylic acids is 2. The van der Waals surface area contributed by atoms with Crippen molar-refractivity contribution in [1.29, 1.82) is 5.41 Å². The molecule has 34 heavy (non-hydrogen) atoms. The number of nitrogens with zero attached hydrogens (tertiary/aromatic N) is 1. The topological polar surface area (TPSA) is 199 Å². The number of aromatic amines is 1. The Hall–Kier alpha value is -4.86. The van der Waals surface area contributed by atoms with Crippen molar-refractivity contribution in [3.63, 3.8) is 0 Å². The molecule has 0 bridgehead atoms. The predicted molar refractivity (Wildman–Crippen MR) is 127 cm³/mol. The molecule has 0 radical (unpaired) electrons. The zero-order valence-electron chi connectivity index (χ0n) is 17.7. The number of aromatic hydroxyl groups is 1. The standard InChI is InChI=1S/C24H21N5O5/c25-14-3-1-2-11(6-14)15-7-13(16(24(33)34)10-20(30)31)8-17(21(15)32)23-28-18-5-4-12(22(26)27)9-19(18)29-23/h1-9,16,32H,10,25H2,(H3,26,27)(H,28,29)(H,30,31)(H,33,34). The van der Waals surface area contributed by atoms with Crippen LogP contribution in [0.4, 0.5) is 5.69 Å². The molecule has 0 aliphatic carbocycles. The number of phenolic OH excluding ortho intramolecular Hbond substituents is 1. The monoisotopic (exact) mass is 459 g/mol. The summed E-state index contributed by atoms with van der Waals surface area (Å²) in [6.45, 7) is 0. The Morgan fingerprint density at radius 1 is 1.06 bits per heavy atom. The fraction of sp³-hybridized carbons (Fsp3) is 0.0833. The first-order chi connectivity index (χ1) is 16.1. The highest BCUT2D eigenvalue weighted by atomic mass is 16.4. The van der Waals surface area contributed by atoms with Crippen LogP contribution < -0.4 is 11.5 Å². The number of nitrogens with two attached hydrogens (primary N) is 2. The Balaban J connectivity index is 1.96. The van der Waals surface area contributed by atoms with Crippen LogP contribution in [-0.4, -0.2) is 43.1 Å². The smallest absolute Gasteiger partial charge is 0.311 e. The lowest BCUT2D eigenvalue weighted by Crippen LogP contribution is -2.16. The van der Waals surface area contributed by atoms with Gasteiger partial charge in [-0.3, -0.25) is 15.0 Å². The van der Waals surface area contributed by atoms with Gasteiger partial charge < -0.3 is 31.8 Å². The van der Waals surface area contributed by atoms with Gasteiger partial charge in [-0.15, -0.1) is 0 Å². The molecule has 1 atom stereocenters. The Morgan fingerprint density at radius 2 is 1.79 bits per heavy atom. The van der Waals surface area contributed by atoms with Gasteiger partial charge in [-0.1, -0.05) is 12.1 Å². The minimum atomic E-state index is -1.36. The maximum absolute atomic E-state index is 11.9. The molecule has 0 spiro atoms. The number of hydrogen-bond donors (Lipinski definition) is 7. The number of carboxylic acids is 2. The van der Waals surface area contributed by atoms with Crippen molar-refractivity contribution < 1.29 is 24.9 Å². The van der Waals surface area contributed by atoms with E-state index in [1.54, 1.807) is 42.5 Å². The molecule has 10 nitrogen and oxygen atoms in total. The van der Waals surface area contributed by atoms with E-state index >= 15 is 0 Å². The van der Waals surface area contributed by atoms with Gasteiger partial charge in [0.25, 0.3) is 0 Å². The van der Waals surface area contributed by atoms with Gasteiger partial charge in [0.1, 0.15) is 17.4 Å². The second-order valence-corrected chi connectivity index (χ2v) is 7.81. The lowest BCUT2D eigenvalue weighted by atomic mass is 9.89. The number of amidine groups is 1. The van der Waals surface area contributed by atoms with Crippen LogP contribution in [-0.2, 0) is 9.59 Å². The lowest BCUT2D eigenvalue weighted by molar-refractivity contribution is -0.145. The SMILES string of the molecule is N=C(N)c1ccc2nc(-c3cc(C(CC(=O)O)C(=O)O)cc(-c4cccc(N)c4)c3O)[nH]c2c1. The van der Waals surface area contributed by atoms with E-state index in [-0.39, 0.29) is 34.1 Å². The normalized spacial score (nSPS) is 11.9. The summed E-state index contributed by atoms with van der Waals surface area (Å²) in [5, 5.41) is 37.7. The summed E-state index contributed by atoms with van der Waals surface area (Å²) >= 11 is 0. The van der Waals surface area contributed by atoms with E-state index in [1.807, 2.05) is 0 Å². The Kier molecular flexibility index (Phi) is 5.64. The van der Waals surface area contributed by atoms with Gasteiger partial charge >= 0.3 is 11.9 Å². The quantitative estimate of drug-likeness (QED) is 0.124. The van der Waals surface area contributed by atoms with Crippen LogP contribution >= 0.6 is 0 Å². The van der Waals surface area contributed by atoms with Crippen molar-refractivity contribution in [2.45, 2.75) is 12.3 Å². The number of benzene rings is 3. The summed E-state index contributed by atoms with van der Waals surface area (Å²) in [4.78, 5) is 30.8. The number of carboxylic acid groups (broad SMARTS) is 2. The number of nitrogen functional groups attached to an aromatic ring is 2. The largest absolute Gasteiger partial charge is 0.507 e. The lowest BCUT2D eigenvalue weighted by Gasteiger charge is -2.16. The maximum atomic E-state index is 11.9.